The standard InChI is InChI=1S/C17H21N3O/c1-19-9-10-20(16-6-4-3-5-15(16)19)17-11-14(21-2)8-7-13(17)12-18/h3-8,11H,9-10,12,18H2,1-2H3. The van der Waals surface area contributed by atoms with Gasteiger partial charge in [0, 0.05) is 38.4 Å². The van der Waals surface area contributed by atoms with E-state index in [4.69, 9.17) is 10.5 Å². The molecule has 21 heavy (non-hydrogen) atoms. The highest BCUT2D eigenvalue weighted by molar-refractivity contribution is 5.80. The average molecular weight is 283 g/mol. The maximum absolute atomic E-state index is 5.92. The van der Waals surface area contributed by atoms with E-state index < -0.39 is 0 Å². The Morgan fingerprint density at radius 3 is 2.52 bits per heavy atom. The molecule has 0 bridgehead atoms. The van der Waals surface area contributed by atoms with Crippen LogP contribution in [0.2, 0.25) is 0 Å². The molecule has 110 valence electrons. The van der Waals surface area contributed by atoms with Gasteiger partial charge in [-0.15, -0.1) is 0 Å². The van der Waals surface area contributed by atoms with Gasteiger partial charge < -0.3 is 20.3 Å². The number of ether oxygens (including phenoxy) is 1. The van der Waals surface area contributed by atoms with Crippen LogP contribution < -0.4 is 20.3 Å². The Labute approximate surface area is 125 Å². The van der Waals surface area contributed by atoms with Crippen LogP contribution >= 0.6 is 0 Å². The molecule has 1 heterocycles. The second-order valence-electron chi connectivity index (χ2n) is 5.26. The van der Waals surface area contributed by atoms with Crippen molar-refractivity contribution in [2.24, 2.45) is 5.73 Å². The van der Waals surface area contributed by atoms with Crippen molar-refractivity contribution in [3.05, 3.63) is 48.0 Å². The van der Waals surface area contributed by atoms with Gasteiger partial charge in [0.15, 0.2) is 0 Å². The van der Waals surface area contributed by atoms with Gasteiger partial charge >= 0.3 is 0 Å². The molecule has 2 aromatic carbocycles. The zero-order valence-electron chi connectivity index (χ0n) is 12.5. The number of rotatable bonds is 3. The minimum atomic E-state index is 0.522. The highest BCUT2D eigenvalue weighted by Crippen LogP contribution is 2.39. The lowest BCUT2D eigenvalue weighted by atomic mass is 10.1. The van der Waals surface area contributed by atoms with Gasteiger partial charge in [0.2, 0.25) is 0 Å². The number of para-hydroxylation sites is 2. The summed E-state index contributed by atoms with van der Waals surface area (Å²) >= 11 is 0. The Hall–Kier alpha value is -2.20. The summed E-state index contributed by atoms with van der Waals surface area (Å²) in [5, 5.41) is 0. The molecule has 0 atom stereocenters. The zero-order chi connectivity index (χ0) is 14.8. The van der Waals surface area contributed by atoms with Gasteiger partial charge in [0.05, 0.1) is 18.5 Å². The van der Waals surface area contributed by atoms with E-state index in [2.05, 4.69) is 53.2 Å². The molecule has 2 aromatic rings. The number of hydrogen-bond acceptors (Lipinski definition) is 4. The maximum Gasteiger partial charge on any atom is 0.120 e. The van der Waals surface area contributed by atoms with Gasteiger partial charge in [0.25, 0.3) is 0 Å². The Balaban J connectivity index is 2.11. The first kappa shape index (κ1) is 13.8. The molecule has 0 unspecified atom stereocenters. The molecule has 0 aliphatic carbocycles. The van der Waals surface area contributed by atoms with Gasteiger partial charge in [0.1, 0.15) is 5.75 Å². The summed E-state index contributed by atoms with van der Waals surface area (Å²) in [4.78, 5) is 4.62. The first-order chi connectivity index (χ1) is 10.2. The summed E-state index contributed by atoms with van der Waals surface area (Å²) in [7, 11) is 3.82. The van der Waals surface area contributed by atoms with E-state index in [1.807, 2.05) is 6.07 Å². The Morgan fingerprint density at radius 1 is 1.05 bits per heavy atom. The van der Waals surface area contributed by atoms with E-state index in [1.54, 1.807) is 7.11 Å². The number of nitrogens with zero attached hydrogens (tertiary/aromatic N) is 2. The third kappa shape index (κ3) is 2.43. The number of methoxy groups -OCH3 is 1. The van der Waals surface area contributed by atoms with Gasteiger partial charge in [-0.05, 0) is 23.8 Å². The van der Waals surface area contributed by atoms with Crippen LogP contribution in [-0.2, 0) is 6.54 Å². The maximum atomic E-state index is 5.92. The van der Waals surface area contributed by atoms with Crippen molar-refractivity contribution in [3.8, 4) is 5.75 Å². The van der Waals surface area contributed by atoms with Crippen LogP contribution in [0.4, 0.5) is 17.1 Å². The Kier molecular flexibility index (Phi) is 3.71. The van der Waals surface area contributed by atoms with Crippen LogP contribution in [0, 0.1) is 0 Å². The smallest absolute Gasteiger partial charge is 0.120 e. The summed E-state index contributed by atoms with van der Waals surface area (Å²) < 4.78 is 5.38. The summed E-state index contributed by atoms with van der Waals surface area (Å²) in [6.45, 7) is 2.44. The van der Waals surface area contributed by atoms with Crippen molar-refractivity contribution in [3.63, 3.8) is 0 Å². The summed E-state index contributed by atoms with van der Waals surface area (Å²) in [5.41, 5.74) is 10.7. The number of nitrogens with two attached hydrogens (primary N) is 1. The molecule has 0 radical (unpaired) electrons. The first-order valence-electron chi connectivity index (χ1n) is 7.19. The predicted octanol–water partition coefficient (Wildman–Crippen LogP) is 2.74. The fraction of sp³-hybridized carbons (Fsp3) is 0.294. The van der Waals surface area contributed by atoms with E-state index in [1.165, 1.54) is 11.4 Å². The SMILES string of the molecule is COc1ccc(CN)c(N2CCN(C)c3ccccc32)c1. The van der Waals surface area contributed by atoms with Crippen molar-refractivity contribution in [1.82, 2.24) is 0 Å². The molecule has 1 aliphatic heterocycles. The number of anilines is 3. The van der Waals surface area contributed by atoms with Crippen molar-refractivity contribution in [2.45, 2.75) is 6.54 Å². The summed E-state index contributed by atoms with van der Waals surface area (Å²) in [6.07, 6.45) is 0. The van der Waals surface area contributed by atoms with Crippen molar-refractivity contribution < 1.29 is 4.74 Å². The van der Waals surface area contributed by atoms with Crippen LogP contribution in [0.1, 0.15) is 5.56 Å². The molecule has 1 aliphatic rings. The summed E-state index contributed by atoms with van der Waals surface area (Å²) in [6, 6.07) is 14.6. The van der Waals surface area contributed by atoms with Crippen molar-refractivity contribution in [2.75, 3.05) is 37.0 Å². The largest absolute Gasteiger partial charge is 0.497 e. The summed E-state index contributed by atoms with van der Waals surface area (Å²) in [5.74, 6) is 0.860. The van der Waals surface area contributed by atoms with E-state index in [-0.39, 0.29) is 0 Å². The van der Waals surface area contributed by atoms with Gasteiger partial charge in [-0.25, -0.2) is 0 Å². The molecule has 3 rings (SSSR count). The number of likely N-dealkylation sites (N-methyl/N-ethyl adjacent to an activating group) is 1. The van der Waals surface area contributed by atoms with Crippen LogP contribution in [0.15, 0.2) is 42.5 Å². The average Bonchev–Trinajstić information content (AvgIpc) is 2.55. The quantitative estimate of drug-likeness (QED) is 0.940. The normalized spacial score (nSPS) is 14.0. The van der Waals surface area contributed by atoms with Crippen LogP contribution in [0.5, 0.6) is 5.75 Å². The number of fused-ring (bicyclic) bond motifs is 1. The highest BCUT2D eigenvalue weighted by Gasteiger charge is 2.22. The fourth-order valence-electron chi connectivity index (χ4n) is 2.85. The molecule has 0 saturated heterocycles. The molecule has 0 fully saturated rings. The fourth-order valence-corrected chi connectivity index (χ4v) is 2.85. The Bertz CT molecular complexity index is 642. The third-order valence-electron chi connectivity index (χ3n) is 4.05. The van der Waals surface area contributed by atoms with E-state index in [0.29, 0.717) is 6.54 Å². The minimum absolute atomic E-state index is 0.522. The molecule has 4 nitrogen and oxygen atoms in total. The number of benzene rings is 2. The second-order valence-corrected chi connectivity index (χ2v) is 5.26. The van der Waals surface area contributed by atoms with E-state index in [9.17, 15) is 0 Å². The second kappa shape index (κ2) is 5.66. The van der Waals surface area contributed by atoms with Crippen molar-refractivity contribution >= 4 is 17.1 Å². The molecule has 4 heteroatoms. The van der Waals surface area contributed by atoms with Crippen LogP contribution in [-0.4, -0.2) is 27.2 Å². The molecular weight excluding hydrogens is 262 g/mol. The third-order valence-corrected chi connectivity index (χ3v) is 4.05. The van der Waals surface area contributed by atoms with Gasteiger partial charge in [-0.2, -0.15) is 0 Å². The lowest BCUT2D eigenvalue weighted by Crippen LogP contribution is -2.36. The molecule has 0 amide bonds. The lowest BCUT2D eigenvalue weighted by Gasteiger charge is -2.38. The van der Waals surface area contributed by atoms with Gasteiger partial charge in [-0.1, -0.05) is 18.2 Å². The molecule has 0 aromatic heterocycles. The van der Waals surface area contributed by atoms with Crippen LogP contribution in [0.25, 0.3) is 0 Å². The van der Waals surface area contributed by atoms with Gasteiger partial charge in [-0.3, -0.25) is 0 Å². The predicted molar refractivity (Wildman–Crippen MR) is 87.6 cm³/mol. The highest BCUT2D eigenvalue weighted by atomic mass is 16.5. The lowest BCUT2D eigenvalue weighted by molar-refractivity contribution is 0.414. The monoisotopic (exact) mass is 283 g/mol. The Morgan fingerprint density at radius 2 is 1.81 bits per heavy atom. The topological polar surface area (TPSA) is 41.7 Å². The van der Waals surface area contributed by atoms with Crippen molar-refractivity contribution in [1.29, 1.82) is 0 Å². The van der Waals surface area contributed by atoms with E-state index >= 15 is 0 Å². The molecular formula is C17H21N3O. The first-order valence-corrected chi connectivity index (χ1v) is 7.19. The molecule has 0 saturated carbocycles. The molecule has 2 N–H and O–H groups in total. The number of hydrogen-bond donors (Lipinski definition) is 1. The van der Waals surface area contributed by atoms with E-state index in [0.717, 1.165) is 30.1 Å². The molecule has 0 spiro atoms. The minimum Gasteiger partial charge on any atom is -0.497 e. The zero-order valence-corrected chi connectivity index (χ0v) is 12.5. The van der Waals surface area contributed by atoms with Crippen LogP contribution in [0.3, 0.4) is 0 Å².